The highest BCUT2D eigenvalue weighted by molar-refractivity contribution is 6.30. The van der Waals surface area contributed by atoms with Crippen molar-refractivity contribution < 1.29 is 24.1 Å². The minimum atomic E-state index is -0.973. The van der Waals surface area contributed by atoms with E-state index in [9.17, 15) is 9.90 Å². The molecule has 2 heterocycles. The Morgan fingerprint density at radius 3 is 2.24 bits per heavy atom. The number of anilines is 1. The lowest BCUT2D eigenvalue weighted by Crippen LogP contribution is -2.39. The van der Waals surface area contributed by atoms with Crippen LogP contribution in [0.5, 0.6) is 23.0 Å². The third-order valence-corrected chi connectivity index (χ3v) is 6.45. The highest BCUT2D eigenvalue weighted by Gasteiger charge is 2.27. The molecule has 5 rings (SSSR count). The molecule has 4 aromatic rings. The van der Waals surface area contributed by atoms with Crippen LogP contribution in [0.2, 0.25) is 5.02 Å². The molecule has 0 spiro atoms. The average molecular weight is 533 g/mol. The molecule has 0 saturated heterocycles. The fraction of sp³-hybridized carbons (Fsp3) is 0.233. The Kier molecular flexibility index (Phi) is 7.06. The zero-order chi connectivity index (χ0) is 26.9. The van der Waals surface area contributed by atoms with Gasteiger partial charge in [0.2, 0.25) is 0 Å². The second-order valence-corrected chi connectivity index (χ2v) is 10.2. The van der Waals surface area contributed by atoms with Crippen LogP contribution in [-0.4, -0.2) is 41.4 Å². The van der Waals surface area contributed by atoms with Crippen LogP contribution in [0.15, 0.2) is 79.0 Å². The standard InChI is InChI=1S/C30H29ClN2O5/c1-30(2,35)19-37-27-13-8-23(17-28(27)36-3)33-15-14-32-18-21(16-26(32)29(33)34)20-4-9-24(10-5-20)38-25-11-6-22(31)7-12-25/h4-13,16-18,35H,14-15,19H2,1-3H3. The largest absolute Gasteiger partial charge is 0.493 e. The lowest BCUT2D eigenvalue weighted by atomic mass is 10.1. The molecule has 0 atom stereocenters. The molecular formula is C30H29ClN2O5. The summed E-state index contributed by atoms with van der Waals surface area (Å²) in [6.45, 7) is 4.66. The van der Waals surface area contributed by atoms with Crippen molar-refractivity contribution >= 4 is 23.2 Å². The van der Waals surface area contributed by atoms with Gasteiger partial charge in [0.05, 0.1) is 12.7 Å². The number of amides is 1. The first-order chi connectivity index (χ1) is 18.2. The maximum Gasteiger partial charge on any atom is 0.274 e. The monoisotopic (exact) mass is 532 g/mol. The average Bonchev–Trinajstić information content (AvgIpc) is 3.34. The quantitative estimate of drug-likeness (QED) is 0.283. The maximum absolute atomic E-state index is 13.5. The lowest BCUT2D eigenvalue weighted by molar-refractivity contribution is 0.0276. The van der Waals surface area contributed by atoms with Gasteiger partial charge in [0, 0.05) is 41.6 Å². The molecule has 196 valence electrons. The molecule has 7 nitrogen and oxygen atoms in total. The molecule has 0 fully saturated rings. The number of aromatic nitrogens is 1. The molecule has 1 N–H and O–H groups in total. The molecule has 38 heavy (non-hydrogen) atoms. The second kappa shape index (κ2) is 10.4. The number of aliphatic hydroxyl groups is 1. The van der Waals surface area contributed by atoms with Gasteiger partial charge in [-0.25, -0.2) is 0 Å². The number of ether oxygens (including phenoxy) is 3. The van der Waals surface area contributed by atoms with Crippen molar-refractivity contribution in [2.75, 3.05) is 25.2 Å². The Morgan fingerprint density at radius 2 is 1.58 bits per heavy atom. The lowest BCUT2D eigenvalue weighted by Gasteiger charge is -2.29. The summed E-state index contributed by atoms with van der Waals surface area (Å²) in [6, 6.07) is 22.3. The van der Waals surface area contributed by atoms with E-state index in [1.165, 1.54) is 0 Å². The van der Waals surface area contributed by atoms with Crippen LogP contribution in [0.1, 0.15) is 24.3 Å². The van der Waals surface area contributed by atoms with E-state index in [0.29, 0.717) is 46.8 Å². The summed E-state index contributed by atoms with van der Waals surface area (Å²) in [5.41, 5.74) is 2.32. The minimum Gasteiger partial charge on any atom is -0.493 e. The summed E-state index contributed by atoms with van der Waals surface area (Å²) >= 11 is 5.94. The Hall–Kier alpha value is -3.94. The van der Waals surface area contributed by atoms with E-state index in [4.69, 9.17) is 25.8 Å². The third kappa shape index (κ3) is 5.64. The first kappa shape index (κ1) is 25.7. The molecule has 3 aromatic carbocycles. The molecule has 1 aromatic heterocycles. The van der Waals surface area contributed by atoms with Gasteiger partial charge < -0.3 is 28.8 Å². The van der Waals surface area contributed by atoms with Crippen molar-refractivity contribution in [3.63, 3.8) is 0 Å². The maximum atomic E-state index is 13.5. The fourth-order valence-corrected chi connectivity index (χ4v) is 4.40. The molecule has 1 aliphatic heterocycles. The van der Waals surface area contributed by atoms with Gasteiger partial charge in [0.15, 0.2) is 11.5 Å². The van der Waals surface area contributed by atoms with E-state index in [1.807, 2.05) is 59.3 Å². The number of carbonyl (C=O) groups excluding carboxylic acids is 1. The van der Waals surface area contributed by atoms with Gasteiger partial charge in [-0.2, -0.15) is 0 Å². The second-order valence-electron chi connectivity index (χ2n) is 9.78. The van der Waals surface area contributed by atoms with Crippen LogP contribution in [0, 0.1) is 0 Å². The molecule has 0 radical (unpaired) electrons. The highest BCUT2D eigenvalue weighted by atomic mass is 35.5. The van der Waals surface area contributed by atoms with E-state index in [-0.39, 0.29) is 12.5 Å². The fourth-order valence-electron chi connectivity index (χ4n) is 4.28. The Balaban J connectivity index is 1.32. The normalized spacial score (nSPS) is 13.3. The van der Waals surface area contributed by atoms with Crippen molar-refractivity contribution in [3.05, 3.63) is 89.7 Å². The van der Waals surface area contributed by atoms with E-state index < -0.39 is 5.60 Å². The third-order valence-electron chi connectivity index (χ3n) is 6.20. The van der Waals surface area contributed by atoms with Crippen molar-refractivity contribution in [2.45, 2.75) is 26.0 Å². The molecule has 0 unspecified atom stereocenters. The summed E-state index contributed by atoms with van der Waals surface area (Å²) in [7, 11) is 1.55. The van der Waals surface area contributed by atoms with Crippen LogP contribution >= 0.6 is 11.6 Å². The number of rotatable bonds is 8. The predicted molar refractivity (Wildman–Crippen MR) is 148 cm³/mol. The SMILES string of the molecule is COc1cc(N2CCn3cc(-c4ccc(Oc5ccc(Cl)cc5)cc4)cc3C2=O)ccc1OCC(C)(C)O. The van der Waals surface area contributed by atoms with E-state index in [1.54, 1.807) is 50.1 Å². The van der Waals surface area contributed by atoms with Crippen LogP contribution in [0.25, 0.3) is 11.1 Å². The molecule has 0 aliphatic carbocycles. The molecule has 1 amide bonds. The number of carbonyl (C=O) groups is 1. The van der Waals surface area contributed by atoms with Crippen molar-refractivity contribution in [1.82, 2.24) is 4.57 Å². The molecule has 0 saturated carbocycles. The number of fused-ring (bicyclic) bond motifs is 1. The molecule has 8 heteroatoms. The number of hydrogen-bond donors (Lipinski definition) is 1. The number of hydrogen-bond acceptors (Lipinski definition) is 5. The smallest absolute Gasteiger partial charge is 0.274 e. The van der Waals surface area contributed by atoms with Crippen LogP contribution in [-0.2, 0) is 6.54 Å². The van der Waals surface area contributed by atoms with Gasteiger partial charge in [0.1, 0.15) is 23.8 Å². The van der Waals surface area contributed by atoms with Crippen LogP contribution in [0.3, 0.4) is 0 Å². The van der Waals surface area contributed by atoms with Gasteiger partial charge >= 0.3 is 0 Å². The van der Waals surface area contributed by atoms with E-state index in [0.717, 1.165) is 16.8 Å². The van der Waals surface area contributed by atoms with E-state index in [2.05, 4.69) is 0 Å². The topological polar surface area (TPSA) is 73.2 Å². The Labute approximate surface area is 226 Å². The molecular weight excluding hydrogens is 504 g/mol. The number of benzene rings is 3. The van der Waals surface area contributed by atoms with Gasteiger partial charge in [-0.15, -0.1) is 0 Å². The van der Waals surface area contributed by atoms with Crippen molar-refractivity contribution in [3.8, 4) is 34.1 Å². The number of nitrogens with zero attached hydrogens (tertiary/aromatic N) is 2. The highest BCUT2D eigenvalue weighted by Crippen LogP contribution is 2.35. The van der Waals surface area contributed by atoms with Gasteiger partial charge in [-0.1, -0.05) is 23.7 Å². The summed E-state index contributed by atoms with van der Waals surface area (Å²) in [6.07, 6.45) is 2.01. The molecule has 1 aliphatic rings. The van der Waals surface area contributed by atoms with Crippen LogP contribution < -0.4 is 19.1 Å². The predicted octanol–water partition coefficient (Wildman–Crippen LogP) is 6.42. The number of halogens is 1. The summed E-state index contributed by atoms with van der Waals surface area (Å²) < 4.78 is 19.1. The van der Waals surface area contributed by atoms with Crippen molar-refractivity contribution in [1.29, 1.82) is 0 Å². The zero-order valence-electron chi connectivity index (χ0n) is 21.5. The zero-order valence-corrected chi connectivity index (χ0v) is 22.2. The van der Waals surface area contributed by atoms with E-state index >= 15 is 0 Å². The first-order valence-electron chi connectivity index (χ1n) is 12.3. The molecule has 0 bridgehead atoms. The summed E-state index contributed by atoms with van der Waals surface area (Å²) in [4.78, 5) is 15.2. The number of methoxy groups -OCH3 is 1. The summed E-state index contributed by atoms with van der Waals surface area (Å²) in [5.74, 6) is 2.35. The van der Waals surface area contributed by atoms with Crippen LogP contribution in [0.4, 0.5) is 5.69 Å². The minimum absolute atomic E-state index is 0.0857. The van der Waals surface area contributed by atoms with Gasteiger partial charge in [0.25, 0.3) is 5.91 Å². The van der Waals surface area contributed by atoms with Gasteiger partial charge in [-0.3, -0.25) is 4.79 Å². The first-order valence-corrected chi connectivity index (χ1v) is 12.7. The Morgan fingerprint density at radius 1 is 0.895 bits per heavy atom. The Bertz CT molecular complexity index is 1440. The summed E-state index contributed by atoms with van der Waals surface area (Å²) in [5, 5.41) is 10.6. The van der Waals surface area contributed by atoms with Crippen molar-refractivity contribution in [2.24, 2.45) is 0 Å². The van der Waals surface area contributed by atoms with Gasteiger partial charge in [-0.05, 0) is 74.0 Å².